The summed E-state index contributed by atoms with van der Waals surface area (Å²) in [6.07, 6.45) is 11.8. The van der Waals surface area contributed by atoms with E-state index in [1.54, 1.807) is 24.1 Å². The van der Waals surface area contributed by atoms with Crippen molar-refractivity contribution < 1.29 is 4.79 Å². The summed E-state index contributed by atoms with van der Waals surface area (Å²) >= 11 is 0. The van der Waals surface area contributed by atoms with E-state index in [1.165, 1.54) is 31.3 Å². The molecule has 0 amide bonds. The van der Waals surface area contributed by atoms with Gasteiger partial charge in [0, 0.05) is 0 Å². The molecule has 0 saturated carbocycles. The third kappa shape index (κ3) is 5.03. The summed E-state index contributed by atoms with van der Waals surface area (Å²) in [5.41, 5.74) is 4.64. The minimum atomic E-state index is 0.110. The molecule has 0 bridgehead atoms. The first-order valence-corrected chi connectivity index (χ1v) is 7.03. The van der Waals surface area contributed by atoms with Gasteiger partial charge in [0.2, 0.25) is 0 Å². The molecule has 1 atom stereocenters. The Hall–Kier alpha value is -1.11. The van der Waals surface area contributed by atoms with E-state index in [-0.39, 0.29) is 5.78 Å². The van der Waals surface area contributed by atoms with Crippen LogP contribution in [0, 0.1) is 5.92 Å². The van der Waals surface area contributed by atoms with Crippen LogP contribution in [-0.2, 0) is 4.79 Å². The summed E-state index contributed by atoms with van der Waals surface area (Å²) in [5, 5.41) is 0. The lowest BCUT2D eigenvalue weighted by Gasteiger charge is -2.24. The minimum absolute atomic E-state index is 0.110. The average molecular weight is 246 g/mol. The fraction of sp³-hybridized carbons (Fsp3) is 0.588. The van der Waals surface area contributed by atoms with Crippen LogP contribution >= 0.6 is 0 Å². The second-order valence-corrected chi connectivity index (χ2v) is 5.58. The average Bonchev–Trinajstić information content (AvgIpc) is 2.27. The van der Waals surface area contributed by atoms with Crippen molar-refractivity contribution in [2.45, 2.75) is 59.8 Å². The fourth-order valence-corrected chi connectivity index (χ4v) is 2.65. The molecule has 0 aromatic carbocycles. The Labute approximate surface area is 112 Å². The van der Waals surface area contributed by atoms with Crippen molar-refractivity contribution in [3.8, 4) is 0 Å². The zero-order valence-corrected chi connectivity index (χ0v) is 12.3. The molecule has 1 nitrogen and oxygen atoms in total. The van der Waals surface area contributed by atoms with Crippen LogP contribution in [0.2, 0.25) is 0 Å². The van der Waals surface area contributed by atoms with E-state index in [4.69, 9.17) is 0 Å². The molecule has 0 saturated heterocycles. The predicted octanol–water partition coefficient (Wildman–Crippen LogP) is 4.99. The van der Waals surface area contributed by atoms with Gasteiger partial charge in [-0.2, -0.15) is 0 Å². The highest BCUT2D eigenvalue weighted by atomic mass is 16.1. The normalized spacial score (nSPS) is 21.8. The van der Waals surface area contributed by atoms with Crippen molar-refractivity contribution in [3.63, 3.8) is 0 Å². The summed E-state index contributed by atoms with van der Waals surface area (Å²) in [7, 11) is 0. The Morgan fingerprint density at radius 3 is 2.72 bits per heavy atom. The number of hydrogen-bond donors (Lipinski definition) is 0. The summed E-state index contributed by atoms with van der Waals surface area (Å²) in [4.78, 5) is 10.8. The minimum Gasteiger partial charge on any atom is -0.295 e. The predicted molar refractivity (Wildman–Crippen MR) is 78.5 cm³/mol. The summed E-state index contributed by atoms with van der Waals surface area (Å²) < 4.78 is 0. The first-order valence-electron chi connectivity index (χ1n) is 7.03. The summed E-state index contributed by atoms with van der Waals surface area (Å²) in [5.74, 6) is 0.873. The lowest BCUT2D eigenvalue weighted by Crippen LogP contribution is -2.08. The van der Waals surface area contributed by atoms with E-state index in [2.05, 4.69) is 26.8 Å². The van der Waals surface area contributed by atoms with Gasteiger partial charge in [0.05, 0.1) is 0 Å². The summed E-state index contributed by atoms with van der Waals surface area (Å²) in [6.45, 7) is 8.37. The number of rotatable bonds is 5. The number of carbonyl (C=O) groups is 1. The molecule has 0 N–H and O–H groups in total. The molecule has 0 aromatic heterocycles. The largest absolute Gasteiger partial charge is 0.295 e. The second kappa shape index (κ2) is 7.35. The molecule has 0 radical (unpaired) electrons. The van der Waals surface area contributed by atoms with Crippen LogP contribution in [0.4, 0.5) is 0 Å². The second-order valence-electron chi connectivity index (χ2n) is 5.58. The Morgan fingerprint density at radius 2 is 2.11 bits per heavy atom. The molecule has 18 heavy (non-hydrogen) atoms. The Bertz CT molecular complexity index is 382. The van der Waals surface area contributed by atoms with Gasteiger partial charge in [-0.15, -0.1) is 0 Å². The quantitative estimate of drug-likeness (QED) is 0.379. The number of allylic oxidation sites excluding steroid dienone is 6. The topological polar surface area (TPSA) is 17.1 Å². The Morgan fingerprint density at radius 1 is 1.39 bits per heavy atom. The maximum absolute atomic E-state index is 10.8. The van der Waals surface area contributed by atoms with Crippen molar-refractivity contribution in [2.24, 2.45) is 5.92 Å². The lowest BCUT2D eigenvalue weighted by atomic mass is 9.82. The smallest absolute Gasteiger partial charge is 0.152 e. The van der Waals surface area contributed by atoms with Crippen LogP contribution in [0.3, 0.4) is 0 Å². The van der Waals surface area contributed by atoms with Crippen molar-refractivity contribution in [3.05, 3.63) is 34.9 Å². The van der Waals surface area contributed by atoms with Crippen LogP contribution in [0.5, 0.6) is 0 Å². The molecule has 0 fully saturated rings. The third-order valence-electron chi connectivity index (χ3n) is 3.83. The van der Waals surface area contributed by atoms with Gasteiger partial charge < -0.3 is 0 Å². The first-order chi connectivity index (χ1) is 8.50. The van der Waals surface area contributed by atoms with Crippen molar-refractivity contribution in [2.75, 3.05) is 0 Å². The van der Waals surface area contributed by atoms with Gasteiger partial charge in [-0.1, -0.05) is 35.8 Å². The van der Waals surface area contributed by atoms with Gasteiger partial charge in [0.15, 0.2) is 5.78 Å². The van der Waals surface area contributed by atoms with Crippen LogP contribution < -0.4 is 0 Å². The highest BCUT2D eigenvalue weighted by Gasteiger charge is 2.16. The molecule has 0 aliphatic heterocycles. The molecule has 1 heteroatoms. The zero-order chi connectivity index (χ0) is 13.5. The molecule has 1 aliphatic rings. The van der Waals surface area contributed by atoms with Crippen molar-refractivity contribution in [1.29, 1.82) is 0 Å². The van der Waals surface area contributed by atoms with Gasteiger partial charge in [0.25, 0.3) is 0 Å². The highest BCUT2D eigenvalue weighted by molar-refractivity contribution is 5.87. The molecule has 1 aliphatic carbocycles. The lowest BCUT2D eigenvalue weighted by molar-refractivity contribution is -0.112. The Kier molecular flexibility index (Phi) is 6.11. The highest BCUT2D eigenvalue weighted by Crippen LogP contribution is 2.33. The standard InChI is InChI=1S/C17H26O/c1-13(7-5-10-16(4)18)11-12-17-14(2)8-6-9-15(17)3/h5,7,10,14H,6,8-9,11-12H2,1-4H3/b10-5+,13-7+. The van der Waals surface area contributed by atoms with Gasteiger partial charge in [-0.05, 0) is 64.9 Å². The third-order valence-corrected chi connectivity index (χ3v) is 3.83. The van der Waals surface area contributed by atoms with Gasteiger partial charge >= 0.3 is 0 Å². The first kappa shape index (κ1) is 14.9. The molecule has 1 unspecified atom stereocenters. The molecular weight excluding hydrogens is 220 g/mol. The molecule has 0 heterocycles. The molecular formula is C17H26O. The van der Waals surface area contributed by atoms with Gasteiger partial charge in [-0.3, -0.25) is 4.79 Å². The van der Waals surface area contributed by atoms with E-state index in [0.29, 0.717) is 0 Å². The molecule has 1 rings (SSSR count). The monoisotopic (exact) mass is 246 g/mol. The zero-order valence-electron chi connectivity index (χ0n) is 12.3. The fourth-order valence-electron chi connectivity index (χ4n) is 2.65. The van der Waals surface area contributed by atoms with E-state index < -0.39 is 0 Å². The van der Waals surface area contributed by atoms with E-state index in [0.717, 1.165) is 12.3 Å². The van der Waals surface area contributed by atoms with Crippen molar-refractivity contribution >= 4 is 5.78 Å². The van der Waals surface area contributed by atoms with Crippen LogP contribution in [-0.4, -0.2) is 5.78 Å². The summed E-state index contributed by atoms with van der Waals surface area (Å²) in [6, 6.07) is 0. The van der Waals surface area contributed by atoms with E-state index in [9.17, 15) is 4.79 Å². The molecule has 100 valence electrons. The van der Waals surface area contributed by atoms with E-state index in [1.807, 2.05) is 6.08 Å². The maximum Gasteiger partial charge on any atom is 0.152 e. The maximum atomic E-state index is 10.8. The Balaban J connectivity index is 2.52. The van der Waals surface area contributed by atoms with Crippen LogP contribution in [0.15, 0.2) is 34.9 Å². The van der Waals surface area contributed by atoms with Crippen LogP contribution in [0.1, 0.15) is 59.8 Å². The molecule has 0 spiro atoms. The number of carbonyl (C=O) groups excluding carboxylic acids is 1. The van der Waals surface area contributed by atoms with Gasteiger partial charge in [-0.25, -0.2) is 0 Å². The molecule has 0 aromatic rings. The SMILES string of the molecule is CC(=O)/C=C/C=C(\C)CCC1=C(C)CCCC1C. The van der Waals surface area contributed by atoms with Gasteiger partial charge in [0.1, 0.15) is 0 Å². The van der Waals surface area contributed by atoms with Crippen molar-refractivity contribution in [1.82, 2.24) is 0 Å². The number of hydrogen-bond acceptors (Lipinski definition) is 1. The number of ketones is 1. The van der Waals surface area contributed by atoms with E-state index >= 15 is 0 Å². The van der Waals surface area contributed by atoms with Crippen LogP contribution in [0.25, 0.3) is 0 Å².